The molecule has 0 unspecified atom stereocenters. The molecule has 0 N–H and O–H groups in total. The van der Waals surface area contributed by atoms with Crippen molar-refractivity contribution >= 4 is 15.9 Å². The monoisotopic (exact) mass is 245 g/mol. The van der Waals surface area contributed by atoms with Gasteiger partial charge in [-0.2, -0.15) is 0 Å². The molecule has 1 rings (SSSR count). The molecule has 0 bridgehead atoms. The zero-order valence-corrected chi connectivity index (χ0v) is 8.36. The molecule has 0 spiro atoms. The van der Waals surface area contributed by atoms with Gasteiger partial charge in [0.25, 0.3) is 0 Å². The van der Waals surface area contributed by atoms with Gasteiger partial charge >= 0.3 is 0 Å². The van der Waals surface area contributed by atoms with Crippen LogP contribution < -0.4 is 4.74 Å². The third kappa shape index (κ3) is 3.89. The first-order valence-electron chi connectivity index (χ1n) is 3.68. The van der Waals surface area contributed by atoms with Crippen LogP contribution in [0.1, 0.15) is 0 Å². The average Bonchev–Trinajstić information content (AvgIpc) is 2.08. The molecule has 0 heterocycles. The molecule has 0 aliphatic rings. The summed E-state index contributed by atoms with van der Waals surface area (Å²) in [7, 11) is 0. The summed E-state index contributed by atoms with van der Waals surface area (Å²) in [5.41, 5.74) is 0. The van der Waals surface area contributed by atoms with E-state index < -0.39 is 4.92 Å². The standard InChI is InChI=1S/C8H8BrNO3/c9-7-1-3-8(4-2-7)13-6-5-10(11)12/h1-4H,5-6H2. The van der Waals surface area contributed by atoms with Crippen molar-refractivity contribution in [2.24, 2.45) is 0 Å². The van der Waals surface area contributed by atoms with Gasteiger partial charge in [0.15, 0.2) is 6.61 Å². The molecule has 4 nitrogen and oxygen atoms in total. The molecule has 0 aromatic heterocycles. The first kappa shape index (κ1) is 9.98. The summed E-state index contributed by atoms with van der Waals surface area (Å²) in [6.07, 6.45) is 0. The summed E-state index contributed by atoms with van der Waals surface area (Å²) in [5.74, 6) is 0.644. The molecule has 0 saturated heterocycles. The molecule has 0 radical (unpaired) electrons. The van der Waals surface area contributed by atoms with Crippen LogP contribution in [0.3, 0.4) is 0 Å². The number of nitrogens with zero attached hydrogens (tertiary/aromatic N) is 1. The zero-order valence-electron chi connectivity index (χ0n) is 6.77. The summed E-state index contributed by atoms with van der Waals surface area (Å²) < 4.78 is 6.06. The molecule has 0 aliphatic heterocycles. The van der Waals surface area contributed by atoms with E-state index in [9.17, 15) is 10.1 Å². The Morgan fingerprint density at radius 1 is 1.38 bits per heavy atom. The van der Waals surface area contributed by atoms with Crippen molar-refractivity contribution < 1.29 is 9.66 Å². The predicted octanol–water partition coefficient (Wildman–Crippen LogP) is 2.10. The first-order valence-corrected chi connectivity index (χ1v) is 4.48. The number of hydrogen-bond acceptors (Lipinski definition) is 3. The van der Waals surface area contributed by atoms with Crippen molar-refractivity contribution in [3.8, 4) is 5.75 Å². The smallest absolute Gasteiger partial charge is 0.237 e. The molecule has 0 saturated carbocycles. The van der Waals surface area contributed by atoms with Crippen LogP contribution in [-0.2, 0) is 0 Å². The highest BCUT2D eigenvalue weighted by Crippen LogP contribution is 2.15. The fraction of sp³-hybridized carbons (Fsp3) is 0.250. The summed E-state index contributed by atoms with van der Waals surface area (Å²) in [6, 6.07) is 7.15. The van der Waals surface area contributed by atoms with Gasteiger partial charge in [0.2, 0.25) is 6.54 Å². The highest BCUT2D eigenvalue weighted by atomic mass is 79.9. The van der Waals surface area contributed by atoms with Crippen molar-refractivity contribution in [1.82, 2.24) is 0 Å². The Kier molecular flexibility index (Phi) is 3.70. The third-order valence-corrected chi connectivity index (χ3v) is 1.88. The molecule has 1 aromatic rings. The largest absolute Gasteiger partial charge is 0.487 e. The van der Waals surface area contributed by atoms with Gasteiger partial charge in [0.1, 0.15) is 5.75 Å². The minimum absolute atomic E-state index is 0.106. The van der Waals surface area contributed by atoms with E-state index in [0.717, 1.165) is 4.47 Å². The molecule has 0 amide bonds. The quantitative estimate of drug-likeness (QED) is 0.603. The molecule has 13 heavy (non-hydrogen) atoms. The van der Waals surface area contributed by atoms with E-state index in [0.29, 0.717) is 5.75 Å². The third-order valence-electron chi connectivity index (χ3n) is 1.36. The molecule has 1 aromatic carbocycles. The summed E-state index contributed by atoms with van der Waals surface area (Å²) in [5, 5.41) is 9.96. The van der Waals surface area contributed by atoms with Crippen LogP contribution in [-0.4, -0.2) is 18.1 Å². The average molecular weight is 246 g/mol. The number of rotatable bonds is 4. The van der Waals surface area contributed by atoms with Gasteiger partial charge in [0, 0.05) is 9.40 Å². The van der Waals surface area contributed by atoms with Gasteiger partial charge in [-0.3, -0.25) is 10.1 Å². The minimum Gasteiger partial charge on any atom is -0.487 e. The lowest BCUT2D eigenvalue weighted by Crippen LogP contribution is -2.10. The van der Waals surface area contributed by atoms with Crippen LogP contribution in [0.4, 0.5) is 0 Å². The minimum atomic E-state index is -0.404. The second-order valence-electron chi connectivity index (χ2n) is 2.36. The maximum absolute atomic E-state index is 9.96. The van der Waals surface area contributed by atoms with Crippen molar-refractivity contribution in [2.75, 3.05) is 13.2 Å². The van der Waals surface area contributed by atoms with E-state index in [4.69, 9.17) is 4.74 Å². The number of benzene rings is 1. The van der Waals surface area contributed by atoms with Gasteiger partial charge in [-0.15, -0.1) is 0 Å². The maximum atomic E-state index is 9.96. The zero-order chi connectivity index (χ0) is 9.68. The Bertz CT molecular complexity index is 286. The van der Waals surface area contributed by atoms with Crippen molar-refractivity contribution in [1.29, 1.82) is 0 Å². The Morgan fingerprint density at radius 3 is 2.54 bits per heavy atom. The molecular weight excluding hydrogens is 238 g/mol. The Labute approximate surface area is 83.8 Å². The van der Waals surface area contributed by atoms with Gasteiger partial charge < -0.3 is 4.74 Å². The topological polar surface area (TPSA) is 52.4 Å². The number of nitro groups is 1. The van der Waals surface area contributed by atoms with Gasteiger partial charge in [-0.25, -0.2) is 0 Å². The molecule has 5 heteroatoms. The van der Waals surface area contributed by atoms with Crippen molar-refractivity contribution in [2.45, 2.75) is 0 Å². The second kappa shape index (κ2) is 4.81. The normalized spacial score (nSPS) is 9.62. The lowest BCUT2D eigenvalue weighted by molar-refractivity contribution is -0.481. The summed E-state index contributed by atoms with van der Waals surface area (Å²) >= 11 is 3.27. The van der Waals surface area contributed by atoms with Crippen LogP contribution in [0, 0.1) is 10.1 Å². The Balaban J connectivity index is 2.37. The van der Waals surface area contributed by atoms with E-state index in [1.807, 2.05) is 12.1 Å². The van der Waals surface area contributed by atoms with E-state index in [1.54, 1.807) is 12.1 Å². The SMILES string of the molecule is O=[N+]([O-])CCOc1ccc(Br)cc1. The number of hydrogen-bond donors (Lipinski definition) is 0. The summed E-state index contributed by atoms with van der Waals surface area (Å²) in [6.45, 7) is -0.0648. The van der Waals surface area contributed by atoms with Gasteiger partial charge in [-0.05, 0) is 24.3 Å². The molecule has 0 fully saturated rings. The predicted molar refractivity (Wildman–Crippen MR) is 51.5 cm³/mol. The maximum Gasteiger partial charge on any atom is 0.237 e. The van der Waals surface area contributed by atoms with Gasteiger partial charge in [0.05, 0.1) is 0 Å². The van der Waals surface area contributed by atoms with Crippen LogP contribution in [0.25, 0.3) is 0 Å². The van der Waals surface area contributed by atoms with E-state index in [2.05, 4.69) is 15.9 Å². The van der Waals surface area contributed by atoms with Crippen LogP contribution in [0.5, 0.6) is 5.75 Å². The first-order chi connectivity index (χ1) is 6.18. The van der Waals surface area contributed by atoms with E-state index in [1.165, 1.54) is 0 Å². The van der Waals surface area contributed by atoms with E-state index in [-0.39, 0.29) is 13.2 Å². The fourth-order valence-corrected chi connectivity index (χ4v) is 1.03. The lowest BCUT2D eigenvalue weighted by Gasteiger charge is -2.02. The molecule has 0 aliphatic carbocycles. The van der Waals surface area contributed by atoms with Gasteiger partial charge in [-0.1, -0.05) is 15.9 Å². The molecule has 0 atom stereocenters. The van der Waals surface area contributed by atoms with Crippen molar-refractivity contribution in [3.05, 3.63) is 38.9 Å². The number of ether oxygens (including phenoxy) is 1. The van der Waals surface area contributed by atoms with E-state index >= 15 is 0 Å². The second-order valence-corrected chi connectivity index (χ2v) is 3.27. The molecule has 70 valence electrons. The highest BCUT2D eigenvalue weighted by molar-refractivity contribution is 9.10. The Hall–Kier alpha value is -1.10. The molecular formula is C8H8BrNO3. The lowest BCUT2D eigenvalue weighted by atomic mass is 10.3. The van der Waals surface area contributed by atoms with Crippen LogP contribution >= 0.6 is 15.9 Å². The number of halogens is 1. The van der Waals surface area contributed by atoms with Crippen LogP contribution in [0.15, 0.2) is 28.7 Å². The van der Waals surface area contributed by atoms with Crippen LogP contribution in [0.2, 0.25) is 0 Å². The fourth-order valence-electron chi connectivity index (χ4n) is 0.769. The summed E-state index contributed by atoms with van der Waals surface area (Å²) in [4.78, 5) is 9.56. The van der Waals surface area contributed by atoms with Crippen molar-refractivity contribution in [3.63, 3.8) is 0 Å². The highest BCUT2D eigenvalue weighted by Gasteiger charge is 1.98. The Morgan fingerprint density at radius 2 is 2.00 bits per heavy atom.